The number of ether oxygens (including phenoxy) is 1. The van der Waals surface area contributed by atoms with Gasteiger partial charge in [0.1, 0.15) is 12.6 Å². The van der Waals surface area contributed by atoms with Crippen LogP contribution in [-0.4, -0.2) is 47.2 Å². The number of hydrogen-bond donors (Lipinski definition) is 1. The smallest absolute Gasteiger partial charge is 0.408 e. The summed E-state index contributed by atoms with van der Waals surface area (Å²) in [6, 6.07) is -0.536. The van der Waals surface area contributed by atoms with Gasteiger partial charge in [-0.3, -0.25) is 9.69 Å². The lowest BCUT2D eigenvalue weighted by Gasteiger charge is -2.32. The lowest BCUT2D eigenvalue weighted by atomic mass is 9.98. The van der Waals surface area contributed by atoms with E-state index in [0.717, 1.165) is 12.8 Å². The number of fused-ring (bicyclic) bond motifs is 1. The van der Waals surface area contributed by atoms with Crippen LogP contribution in [0, 0.1) is 0 Å². The first kappa shape index (κ1) is 8.50. The first-order valence-electron chi connectivity index (χ1n) is 4.34. The molecule has 0 aromatic heterocycles. The Morgan fingerprint density at radius 2 is 2.38 bits per heavy atom. The summed E-state index contributed by atoms with van der Waals surface area (Å²) in [6.45, 7) is 0.519. The predicted molar refractivity (Wildman–Crippen MR) is 42.5 cm³/mol. The maximum absolute atomic E-state index is 11.3. The second-order valence-corrected chi connectivity index (χ2v) is 3.38. The van der Waals surface area contributed by atoms with Gasteiger partial charge >= 0.3 is 6.09 Å². The highest BCUT2D eigenvalue weighted by molar-refractivity contribution is 5.90. The maximum Gasteiger partial charge on any atom is 0.408 e. The molecule has 0 aromatic carbocycles. The maximum atomic E-state index is 11.3. The van der Waals surface area contributed by atoms with E-state index in [1.807, 2.05) is 0 Å². The first-order chi connectivity index (χ1) is 6.20. The summed E-state index contributed by atoms with van der Waals surface area (Å²) in [5.74, 6) is -0.105. The van der Waals surface area contributed by atoms with E-state index in [4.69, 9.17) is 9.84 Å². The Labute approximate surface area is 75.3 Å². The van der Waals surface area contributed by atoms with Crippen molar-refractivity contribution in [2.24, 2.45) is 0 Å². The molecule has 1 N–H and O–H groups in total. The van der Waals surface area contributed by atoms with Gasteiger partial charge in [0.15, 0.2) is 5.78 Å². The molecule has 0 saturated carbocycles. The monoisotopic (exact) mass is 185 g/mol. The van der Waals surface area contributed by atoms with E-state index in [1.54, 1.807) is 0 Å². The van der Waals surface area contributed by atoms with Crippen molar-refractivity contribution in [3.05, 3.63) is 0 Å². The minimum absolute atomic E-state index is 0.0686. The van der Waals surface area contributed by atoms with Gasteiger partial charge in [0, 0.05) is 6.54 Å². The van der Waals surface area contributed by atoms with Gasteiger partial charge < -0.3 is 9.84 Å². The third-order valence-electron chi connectivity index (χ3n) is 2.59. The number of likely N-dealkylation sites (tertiary alicyclic amines) is 1. The number of carbonyl (C=O) groups is 2. The van der Waals surface area contributed by atoms with E-state index in [0.29, 0.717) is 6.54 Å². The molecule has 2 rings (SSSR count). The summed E-state index contributed by atoms with van der Waals surface area (Å²) in [5, 5.41) is 8.82. The molecule has 2 saturated heterocycles. The van der Waals surface area contributed by atoms with E-state index in [9.17, 15) is 9.59 Å². The summed E-state index contributed by atoms with van der Waals surface area (Å²) in [5.41, 5.74) is 0. The molecule has 2 aliphatic heterocycles. The average Bonchev–Trinajstić information content (AvgIpc) is 2.48. The molecule has 0 radical (unpaired) electrons. The number of rotatable bonds is 0. The van der Waals surface area contributed by atoms with Gasteiger partial charge in [-0.2, -0.15) is 0 Å². The van der Waals surface area contributed by atoms with Crippen molar-refractivity contribution in [2.75, 3.05) is 13.2 Å². The van der Waals surface area contributed by atoms with E-state index in [2.05, 4.69) is 0 Å². The molecule has 0 bridgehead atoms. The van der Waals surface area contributed by atoms with Crippen molar-refractivity contribution in [2.45, 2.75) is 25.0 Å². The molecule has 0 spiro atoms. The molecule has 1 amide bonds. The first-order valence-corrected chi connectivity index (χ1v) is 4.34. The zero-order chi connectivity index (χ0) is 9.42. The molecule has 0 unspecified atom stereocenters. The molecule has 0 aliphatic carbocycles. The molecule has 2 atom stereocenters. The highest BCUT2D eigenvalue weighted by atomic mass is 16.5. The summed E-state index contributed by atoms with van der Waals surface area (Å²) < 4.78 is 5.20. The molecule has 0 aromatic rings. The molecular formula is C8H11NO4. The lowest BCUT2D eigenvalue weighted by molar-refractivity contribution is -0.121. The zero-order valence-electron chi connectivity index (χ0n) is 7.10. The molecular weight excluding hydrogens is 174 g/mol. The Morgan fingerprint density at radius 3 is 3.08 bits per heavy atom. The van der Waals surface area contributed by atoms with E-state index < -0.39 is 12.1 Å². The molecule has 2 fully saturated rings. The van der Waals surface area contributed by atoms with Crippen molar-refractivity contribution in [1.29, 1.82) is 0 Å². The molecule has 13 heavy (non-hydrogen) atoms. The van der Waals surface area contributed by atoms with Crippen LogP contribution >= 0.6 is 0 Å². The summed E-state index contributed by atoms with van der Waals surface area (Å²) in [4.78, 5) is 23.3. The van der Waals surface area contributed by atoms with Gasteiger partial charge in [0.05, 0.1) is 6.10 Å². The second kappa shape index (κ2) is 2.99. The van der Waals surface area contributed by atoms with Crippen molar-refractivity contribution in [3.63, 3.8) is 0 Å². The summed E-state index contributed by atoms with van der Waals surface area (Å²) in [6.07, 6.45) is 0.354. The van der Waals surface area contributed by atoms with Crippen LogP contribution in [0.3, 0.4) is 0 Å². The fourth-order valence-electron chi connectivity index (χ4n) is 2.01. The van der Waals surface area contributed by atoms with Crippen LogP contribution in [0.5, 0.6) is 0 Å². The van der Waals surface area contributed by atoms with Gasteiger partial charge in [0.25, 0.3) is 0 Å². The van der Waals surface area contributed by atoms with Crippen molar-refractivity contribution in [3.8, 4) is 0 Å². The number of amides is 1. The fourth-order valence-corrected chi connectivity index (χ4v) is 2.01. The number of ketones is 1. The van der Waals surface area contributed by atoms with Crippen LogP contribution in [0.15, 0.2) is 0 Å². The SMILES string of the molecule is O=C1CO[C@H]2CCCN(C(=O)O)[C@@H]12. The quantitative estimate of drug-likeness (QED) is 0.581. The Balaban J connectivity index is 2.19. The van der Waals surface area contributed by atoms with Crippen LogP contribution < -0.4 is 0 Å². The third-order valence-corrected chi connectivity index (χ3v) is 2.59. The van der Waals surface area contributed by atoms with Crippen molar-refractivity contribution >= 4 is 11.9 Å². The highest BCUT2D eigenvalue weighted by Crippen LogP contribution is 2.25. The minimum Gasteiger partial charge on any atom is -0.465 e. The molecule has 2 aliphatic rings. The van der Waals surface area contributed by atoms with Crippen LogP contribution in [-0.2, 0) is 9.53 Å². The van der Waals surface area contributed by atoms with E-state index in [1.165, 1.54) is 4.90 Å². The van der Waals surface area contributed by atoms with Gasteiger partial charge in [0.2, 0.25) is 0 Å². The van der Waals surface area contributed by atoms with E-state index >= 15 is 0 Å². The number of piperidine rings is 1. The van der Waals surface area contributed by atoms with E-state index in [-0.39, 0.29) is 18.5 Å². The predicted octanol–water partition coefficient (Wildman–Crippen LogP) is 0.0967. The Morgan fingerprint density at radius 1 is 1.62 bits per heavy atom. The normalized spacial score (nSPS) is 33.2. The highest BCUT2D eigenvalue weighted by Gasteiger charge is 2.44. The minimum atomic E-state index is -1.02. The number of nitrogens with zero attached hydrogens (tertiary/aromatic N) is 1. The molecule has 2 heterocycles. The molecule has 5 nitrogen and oxygen atoms in total. The Kier molecular flexibility index (Phi) is 1.95. The average molecular weight is 185 g/mol. The van der Waals surface area contributed by atoms with Crippen LogP contribution in [0.4, 0.5) is 4.79 Å². The number of hydrogen-bond acceptors (Lipinski definition) is 3. The van der Waals surface area contributed by atoms with Gasteiger partial charge in [-0.25, -0.2) is 4.79 Å². The number of carboxylic acid groups (broad SMARTS) is 1. The second-order valence-electron chi connectivity index (χ2n) is 3.38. The van der Waals surface area contributed by atoms with Crippen LogP contribution in [0.25, 0.3) is 0 Å². The molecule has 72 valence electrons. The topological polar surface area (TPSA) is 66.8 Å². The van der Waals surface area contributed by atoms with Gasteiger partial charge in [-0.05, 0) is 12.8 Å². The Bertz CT molecular complexity index is 253. The van der Waals surface area contributed by atoms with Crippen molar-refractivity contribution in [1.82, 2.24) is 4.90 Å². The van der Waals surface area contributed by atoms with Crippen molar-refractivity contribution < 1.29 is 19.4 Å². The number of carbonyl (C=O) groups excluding carboxylic acids is 1. The van der Waals surface area contributed by atoms with Gasteiger partial charge in [-0.15, -0.1) is 0 Å². The van der Waals surface area contributed by atoms with Crippen LogP contribution in [0.1, 0.15) is 12.8 Å². The van der Waals surface area contributed by atoms with Gasteiger partial charge in [-0.1, -0.05) is 0 Å². The zero-order valence-corrected chi connectivity index (χ0v) is 7.10. The molecule has 5 heteroatoms. The van der Waals surface area contributed by atoms with Crippen LogP contribution in [0.2, 0.25) is 0 Å². The standard InChI is InChI=1S/C8H11NO4/c10-5-4-13-6-2-1-3-9(7(5)6)8(11)12/h6-7H,1-4H2,(H,11,12)/t6-,7-/m0/s1. The lowest BCUT2D eigenvalue weighted by Crippen LogP contribution is -2.51. The number of Topliss-reactive ketones (excluding diaryl/α,β-unsaturated/α-hetero) is 1. The summed E-state index contributed by atoms with van der Waals surface area (Å²) in [7, 11) is 0. The largest absolute Gasteiger partial charge is 0.465 e. The Hall–Kier alpha value is -1.10. The summed E-state index contributed by atoms with van der Waals surface area (Å²) >= 11 is 0. The fraction of sp³-hybridized carbons (Fsp3) is 0.750. The third kappa shape index (κ3) is 1.29.